The first-order chi connectivity index (χ1) is 18.8. The second kappa shape index (κ2) is 7.54. The minimum Gasteiger partial charge on any atom is -0.376 e. The number of hydrogen-bond acceptors (Lipinski definition) is 1. The highest BCUT2D eigenvalue weighted by Gasteiger charge is 2.52. The molecule has 5 aromatic carbocycles. The molecule has 2 heterocycles. The second-order valence-electron chi connectivity index (χ2n) is 12.4. The highest BCUT2D eigenvalue weighted by molar-refractivity contribution is 6.90. The van der Waals surface area contributed by atoms with Crippen LogP contribution in [-0.4, -0.2) is 6.85 Å². The summed E-state index contributed by atoms with van der Waals surface area (Å²) < 4.78 is 0. The average molecular weight is 501 g/mol. The smallest absolute Gasteiger partial charge is 0.328 e. The number of fused-ring (bicyclic) bond motifs is 7. The van der Waals surface area contributed by atoms with Crippen molar-refractivity contribution in [2.45, 2.75) is 45.4 Å². The summed E-state index contributed by atoms with van der Waals surface area (Å²) in [4.78, 5) is 2.71. The fourth-order valence-corrected chi connectivity index (χ4v) is 8.27. The van der Waals surface area contributed by atoms with Crippen molar-refractivity contribution in [3.8, 4) is 11.1 Å². The molecule has 3 aliphatic rings. The van der Waals surface area contributed by atoms with E-state index in [1.165, 1.54) is 72.4 Å². The zero-order valence-corrected chi connectivity index (χ0v) is 23.3. The summed E-state index contributed by atoms with van der Waals surface area (Å²) in [6.45, 7) is 11.9. The SMILES string of the molecule is Cc1cccc2c1N(B1c3ccccc3C3(C)c4ccccc4-c4cccc1c43)c1c(C)cccc1C2(C)C. The Morgan fingerprint density at radius 3 is 1.72 bits per heavy atom. The number of nitrogens with zero attached hydrogens (tertiary/aromatic N) is 1. The van der Waals surface area contributed by atoms with Gasteiger partial charge in [-0.15, -0.1) is 0 Å². The summed E-state index contributed by atoms with van der Waals surface area (Å²) in [5.74, 6) is 0. The molecule has 1 aliphatic carbocycles. The Bertz CT molecular complexity index is 1790. The molecule has 0 saturated carbocycles. The van der Waals surface area contributed by atoms with Crippen LogP contribution in [0.25, 0.3) is 11.1 Å². The molecule has 0 N–H and O–H groups in total. The van der Waals surface area contributed by atoms with Crippen LogP contribution in [0.2, 0.25) is 0 Å². The zero-order chi connectivity index (χ0) is 26.7. The van der Waals surface area contributed by atoms with Gasteiger partial charge in [-0.2, -0.15) is 0 Å². The first-order valence-electron chi connectivity index (χ1n) is 14.2. The number of aryl methyl sites for hydroxylation is 2. The maximum atomic E-state index is 2.71. The summed E-state index contributed by atoms with van der Waals surface area (Å²) in [6.07, 6.45) is 0. The van der Waals surface area contributed by atoms with E-state index >= 15 is 0 Å². The number of anilines is 2. The Kier molecular flexibility index (Phi) is 4.43. The topological polar surface area (TPSA) is 3.24 Å². The molecule has 0 radical (unpaired) electrons. The molecular weight excluding hydrogens is 469 g/mol. The number of hydrogen-bond donors (Lipinski definition) is 0. The van der Waals surface area contributed by atoms with E-state index in [0.29, 0.717) is 0 Å². The third-order valence-corrected chi connectivity index (χ3v) is 10.0. The van der Waals surface area contributed by atoms with E-state index in [2.05, 4.69) is 143 Å². The molecule has 0 bridgehead atoms. The third-order valence-electron chi connectivity index (χ3n) is 10.0. The lowest BCUT2D eigenvalue weighted by molar-refractivity contribution is 0.632. The van der Waals surface area contributed by atoms with Crippen molar-refractivity contribution >= 4 is 29.1 Å². The fourth-order valence-electron chi connectivity index (χ4n) is 8.27. The quantitative estimate of drug-likeness (QED) is 0.215. The number of para-hydroxylation sites is 2. The monoisotopic (exact) mass is 501 g/mol. The van der Waals surface area contributed by atoms with Gasteiger partial charge < -0.3 is 4.81 Å². The van der Waals surface area contributed by atoms with Crippen molar-refractivity contribution in [3.05, 3.63) is 142 Å². The Morgan fingerprint density at radius 1 is 0.513 bits per heavy atom. The van der Waals surface area contributed by atoms with Gasteiger partial charge in [0.25, 0.3) is 0 Å². The van der Waals surface area contributed by atoms with Crippen LogP contribution >= 0.6 is 0 Å². The first kappa shape index (κ1) is 22.9. The highest BCUT2D eigenvalue weighted by atomic mass is 15.1. The van der Waals surface area contributed by atoms with E-state index in [0.717, 1.165) is 0 Å². The molecule has 2 heteroatoms. The Balaban J connectivity index is 1.52. The molecule has 1 atom stereocenters. The van der Waals surface area contributed by atoms with Gasteiger partial charge in [-0.05, 0) is 81.8 Å². The van der Waals surface area contributed by atoms with Crippen molar-refractivity contribution < 1.29 is 0 Å². The standard InChI is InChI=1S/C37H32BN/c1-23-13-10-19-29-34(23)39(35-24(2)14-11-20-30(35)36(29,3)4)38-31-21-9-8-18-28(31)37(5)27-17-7-6-15-25(27)26-16-12-22-32(38)33(26)37/h6-22H,1-5H3. The summed E-state index contributed by atoms with van der Waals surface area (Å²) >= 11 is 0. The van der Waals surface area contributed by atoms with Gasteiger partial charge in [-0.3, -0.25) is 0 Å². The van der Waals surface area contributed by atoms with E-state index in [1.807, 2.05) is 0 Å². The van der Waals surface area contributed by atoms with Crippen LogP contribution in [0.1, 0.15) is 59.7 Å². The van der Waals surface area contributed by atoms with Gasteiger partial charge in [-0.1, -0.05) is 117 Å². The second-order valence-corrected chi connectivity index (χ2v) is 12.4. The van der Waals surface area contributed by atoms with Crippen molar-refractivity contribution in [3.63, 3.8) is 0 Å². The van der Waals surface area contributed by atoms with Crippen LogP contribution in [0.4, 0.5) is 11.4 Å². The molecule has 188 valence electrons. The predicted molar refractivity (Wildman–Crippen MR) is 166 cm³/mol. The lowest BCUT2D eigenvalue weighted by Crippen LogP contribution is -2.63. The third kappa shape index (κ3) is 2.67. The van der Waals surface area contributed by atoms with E-state index in [4.69, 9.17) is 0 Å². The van der Waals surface area contributed by atoms with Crippen molar-refractivity contribution in [1.29, 1.82) is 0 Å². The molecule has 0 aromatic heterocycles. The molecule has 1 nitrogen and oxygen atoms in total. The molecule has 0 saturated heterocycles. The van der Waals surface area contributed by atoms with Gasteiger partial charge >= 0.3 is 6.85 Å². The molecule has 2 aliphatic heterocycles. The van der Waals surface area contributed by atoms with Gasteiger partial charge in [0.15, 0.2) is 0 Å². The molecule has 8 rings (SSSR count). The average Bonchev–Trinajstić information content (AvgIpc) is 3.21. The van der Waals surface area contributed by atoms with Crippen LogP contribution in [0.5, 0.6) is 0 Å². The molecule has 39 heavy (non-hydrogen) atoms. The first-order valence-corrected chi connectivity index (χ1v) is 14.2. The van der Waals surface area contributed by atoms with Crippen molar-refractivity contribution in [2.75, 3.05) is 4.81 Å². The molecular formula is C37H32BN. The highest BCUT2D eigenvalue weighted by Crippen LogP contribution is 2.55. The maximum Gasteiger partial charge on any atom is 0.328 e. The van der Waals surface area contributed by atoms with E-state index in [1.54, 1.807) is 0 Å². The molecule has 5 aromatic rings. The van der Waals surface area contributed by atoms with Crippen LogP contribution < -0.4 is 15.7 Å². The van der Waals surface area contributed by atoms with Crippen LogP contribution in [0.15, 0.2) is 103 Å². The maximum absolute atomic E-state index is 2.71. The van der Waals surface area contributed by atoms with Gasteiger partial charge in [0.2, 0.25) is 0 Å². The Hall–Kier alpha value is -4.04. The number of rotatable bonds is 1. The lowest BCUT2D eigenvalue weighted by Gasteiger charge is -2.49. The summed E-state index contributed by atoms with van der Waals surface area (Å²) in [7, 11) is 0. The molecule has 1 unspecified atom stereocenters. The van der Waals surface area contributed by atoms with Crippen LogP contribution in [0.3, 0.4) is 0 Å². The van der Waals surface area contributed by atoms with Gasteiger partial charge in [0.05, 0.1) is 0 Å². The summed E-state index contributed by atoms with van der Waals surface area (Å²) in [6, 6.07) is 39.1. The van der Waals surface area contributed by atoms with Gasteiger partial charge in [-0.25, -0.2) is 0 Å². The summed E-state index contributed by atoms with van der Waals surface area (Å²) in [5.41, 5.74) is 17.9. The van der Waals surface area contributed by atoms with Gasteiger partial charge in [0.1, 0.15) is 0 Å². The van der Waals surface area contributed by atoms with E-state index < -0.39 is 0 Å². The zero-order valence-electron chi connectivity index (χ0n) is 23.3. The minimum atomic E-state index is -0.173. The molecule has 0 spiro atoms. The largest absolute Gasteiger partial charge is 0.376 e. The van der Waals surface area contributed by atoms with Crippen molar-refractivity contribution in [1.82, 2.24) is 0 Å². The van der Waals surface area contributed by atoms with Crippen LogP contribution in [-0.2, 0) is 10.8 Å². The van der Waals surface area contributed by atoms with E-state index in [-0.39, 0.29) is 17.7 Å². The van der Waals surface area contributed by atoms with Crippen molar-refractivity contribution in [2.24, 2.45) is 0 Å². The Morgan fingerprint density at radius 2 is 1.03 bits per heavy atom. The van der Waals surface area contributed by atoms with Crippen LogP contribution in [0, 0.1) is 13.8 Å². The predicted octanol–water partition coefficient (Wildman–Crippen LogP) is 7.53. The number of benzene rings is 5. The molecule has 0 amide bonds. The Labute approximate surface area is 232 Å². The minimum absolute atomic E-state index is 0.0781. The lowest BCUT2D eigenvalue weighted by atomic mass is 9.40. The van der Waals surface area contributed by atoms with E-state index in [9.17, 15) is 0 Å². The van der Waals surface area contributed by atoms with Gasteiger partial charge in [0, 0.05) is 22.2 Å². The summed E-state index contributed by atoms with van der Waals surface area (Å²) in [5, 5.41) is 0. The fraction of sp³-hybridized carbons (Fsp3) is 0.189. The normalized spacial score (nSPS) is 19.1. The molecule has 0 fully saturated rings.